The highest BCUT2D eigenvalue weighted by atomic mass is 127. The van der Waals surface area contributed by atoms with E-state index in [0.29, 0.717) is 0 Å². The van der Waals surface area contributed by atoms with Crippen molar-refractivity contribution in [2.75, 3.05) is 0 Å². The van der Waals surface area contributed by atoms with Crippen LogP contribution in [0, 0.1) is 0 Å². The lowest BCUT2D eigenvalue weighted by Gasteiger charge is -1.75. The maximum Gasteiger partial charge on any atom is 1.00 e. The molecule has 0 rings (SSSR count). The van der Waals surface area contributed by atoms with Gasteiger partial charge in [0.1, 0.15) is 0 Å². The van der Waals surface area contributed by atoms with Crippen molar-refractivity contribution in [3.05, 3.63) is 0 Å². The molecule has 0 spiro atoms. The van der Waals surface area contributed by atoms with Crippen LogP contribution in [0.2, 0.25) is 0 Å². The summed E-state index contributed by atoms with van der Waals surface area (Å²) in [6.07, 6.45) is 0. The van der Waals surface area contributed by atoms with Crippen molar-refractivity contribution in [2.45, 2.75) is 0 Å². The second-order valence-corrected chi connectivity index (χ2v) is 0.992. The molecule has 0 atom stereocenters. The summed E-state index contributed by atoms with van der Waals surface area (Å²) in [4.78, 5) is 0. The molecule has 0 unspecified atom stereocenters. The Labute approximate surface area is 45.4 Å². The van der Waals surface area contributed by atoms with Crippen molar-refractivity contribution in [3.63, 3.8) is 0 Å². The first-order chi connectivity index (χ1) is 2.27. The fourth-order valence-electron chi connectivity index (χ4n) is 0. The number of hydrogen-bond acceptors (Lipinski definition) is 1. The van der Waals surface area contributed by atoms with Gasteiger partial charge in [0.05, 0.1) is 22.9 Å². The Bertz CT molecular complexity index is 48.8. The zero-order valence-electron chi connectivity index (χ0n) is 3.48. The number of rotatable bonds is 0. The average Bonchev–Trinajstić information content (AvgIpc) is 1.38. The number of nitrogens with two attached hydrogens (primary N) is 2. The minimum atomic E-state index is 0. The Balaban J connectivity index is 0. The van der Waals surface area contributed by atoms with Gasteiger partial charge in [-0.05, 0) is 0 Å². The molecule has 0 aromatic carbocycles. The molecule has 0 aliphatic carbocycles. The lowest BCUT2D eigenvalue weighted by molar-refractivity contribution is 1.56. The van der Waals surface area contributed by atoms with Crippen molar-refractivity contribution in [2.24, 2.45) is 14.7 Å². The smallest absolute Gasteiger partial charge is 0.370 e. The molecular weight excluding hydrogens is 181 g/mol. The van der Waals surface area contributed by atoms with E-state index in [1.165, 1.54) is 0 Å². The molecule has 0 heterocycles. The highest BCUT2D eigenvalue weighted by molar-refractivity contribution is 14.1. The van der Waals surface area contributed by atoms with Crippen LogP contribution >= 0.6 is 22.9 Å². The van der Waals surface area contributed by atoms with Gasteiger partial charge in [-0.1, -0.05) is 0 Å². The molecule has 0 aromatic rings. The van der Waals surface area contributed by atoms with Gasteiger partial charge in [-0.25, -0.2) is 0 Å². The second kappa shape index (κ2) is 2.25. The Hall–Kier alpha value is 0. The summed E-state index contributed by atoms with van der Waals surface area (Å²) in [5, 5.41) is 0. The second-order valence-electron chi connectivity index (χ2n) is 0.509. The van der Waals surface area contributed by atoms with Crippen molar-refractivity contribution in [1.29, 1.82) is 0 Å². The molecule has 30 valence electrons. The maximum absolute atomic E-state index is 4.81. The molecular formula is CH5IN3+. The van der Waals surface area contributed by atoms with Gasteiger partial charge in [0.25, 0.3) is 0 Å². The Morgan fingerprint density at radius 2 is 2.00 bits per heavy atom. The Morgan fingerprint density at radius 3 is 2.00 bits per heavy atom. The first-order valence-corrected chi connectivity index (χ1v) is 1.93. The lowest BCUT2D eigenvalue weighted by atomic mass is 11.1. The highest BCUT2D eigenvalue weighted by Gasteiger charge is 1.63. The monoisotopic (exact) mass is 186 g/mol. The third kappa shape index (κ3) is 4.00. The van der Waals surface area contributed by atoms with Crippen LogP contribution in [0.4, 0.5) is 0 Å². The summed E-state index contributed by atoms with van der Waals surface area (Å²) < 4.78 is 3.33. The van der Waals surface area contributed by atoms with E-state index < -0.39 is 0 Å². The van der Waals surface area contributed by atoms with Crippen LogP contribution in [0.1, 0.15) is 1.43 Å². The largest absolute Gasteiger partial charge is 1.00 e. The Morgan fingerprint density at radius 1 is 1.80 bits per heavy atom. The fourth-order valence-corrected chi connectivity index (χ4v) is 0. The van der Waals surface area contributed by atoms with E-state index in [9.17, 15) is 0 Å². The topological polar surface area (TPSA) is 64.4 Å². The van der Waals surface area contributed by atoms with E-state index >= 15 is 0 Å². The zero-order chi connectivity index (χ0) is 4.28. The third-order valence-electron chi connectivity index (χ3n) is 0.0976. The zero-order valence-corrected chi connectivity index (χ0v) is 4.64. The molecule has 0 amide bonds. The van der Waals surface area contributed by atoms with Gasteiger partial charge >= 0.3 is 1.43 Å². The number of hydrogen-bond donors (Lipinski definition) is 2. The third-order valence-corrected chi connectivity index (χ3v) is 0.655. The Kier molecular flexibility index (Phi) is 2.25. The molecule has 4 N–H and O–H groups in total. The summed E-state index contributed by atoms with van der Waals surface area (Å²) >= 11 is 1.72. The van der Waals surface area contributed by atoms with Gasteiger partial charge in [-0.2, -0.15) is 3.21 Å². The predicted molar refractivity (Wildman–Crippen MR) is 30.9 cm³/mol. The van der Waals surface area contributed by atoms with Gasteiger partial charge in [0.15, 0.2) is 5.96 Å². The van der Waals surface area contributed by atoms with E-state index in [-0.39, 0.29) is 7.39 Å². The van der Waals surface area contributed by atoms with E-state index in [4.69, 9.17) is 11.5 Å². The van der Waals surface area contributed by atoms with Crippen LogP contribution < -0.4 is 11.5 Å². The fraction of sp³-hybridized carbons (Fsp3) is 0. The first-order valence-electron chi connectivity index (χ1n) is 0.970. The van der Waals surface area contributed by atoms with Crippen LogP contribution in [0.25, 0.3) is 0 Å². The standard InChI is InChI=1S/CH4IN3/c2-5-1(3)4/h(H4,3,4,5)/p+1. The quantitative estimate of drug-likeness (QED) is 0.310. The normalized spacial score (nSPS) is 6.60. The van der Waals surface area contributed by atoms with Gasteiger partial charge in [-0.3, -0.25) is 0 Å². The van der Waals surface area contributed by atoms with E-state index in [1.54, 1.807) is 22.9 Å². The van der Waals surface area contributed by atoms with Gasteiger partial charge in [0.2, 0.25) is 0 Å². The van der Waals surface area contributed by atoms with Gasteiger partial charge in [-0.15, -0.1) is 0 Å². The van der Waals surface area contributed by atoms with Crippen molar-refractivity contribution >= 4 is 28.8 Å². The summed E-state index contributed by atoms with van der Waals surface area (Å²) in [6, 6.07) is 0. The lowest BCUT2D eigenvalue weighted by Crippen LogP contribution is -2.20. The van der Waals surface area contributed by atoms with Crippen LogP contribution in [0.3, 0.4) is 0 Å². The molecule has 0 fully saturated rings. The maximum atomic E-state index is 4.81. The molecule has 0 aromatic heterocycles. The number of halogens is 1. The highest BCUT2D eigenvalue weighted by Crippen LogP contribution is 1.74. The van der Waals surface area contributed by atoms with Crippen LogP contribution in [0.15, 0.2) is 3.21 Å². The molecule has 0 saturated heterocycles. The SMILES string of the molecule is NC(N)=NI.[H+]. The van der Waals surface area contributed by atoms with Crippen molar-refractivity contribution in [3.8, 4) is 0 Å². The van der Waals surface area contributed by atoms with Gasteiger partial charge in [0, 0.05) is 0 Å². The van der Waals surface area contributed by atoms with Crippen LogP contribution in [-0.4, -0.2) is 5.96 Å². The minimum absolute atomic E-state index is 0. The average molecular weight is 186 g/mol. The van der Waals surface area contributed by atoms with Crippen LogP contribution in [-0.2, 0) is 0 Å². The minimum Gasteiger partial charge on any atom is -0.370 e. The number of guanidine groups is 1. The van der Waals surface area contributed by atoms with E-state index in [2.05, 4.69) is 3.21 Å². The predicted octanol–water partition coefficient (Wildman–Crippen LogP) is -0.278. The van der Waals surface area contributed by atoms with E-state index in [1.807, 2.05) is 0 Å². The van der Waals surface area contributed by atoms with Crippen molar-refractivity contribution in [1.82, 2.24) is 0 Å². The molecule has 0 bridgehead atoms. The molecule has 0 radical (unpaired) electrons. The number of nitrogens with zero attached hydrogens (tertiary/aromatic N) is 1. The van der Waals surface area contributed by atoms with E-state index in [0.717, 1.165) is 0 Å². The molecule has 3 nitrogen and oxygen atoms in total. The van der Waals surface area contributed by atoms with Crippen molar-refractivity contribution < 1.29 is 1.43 Å². The molecule has 0 aliphatic rings. The summed E-state index contributed by atoms with van der Waals surface area (Å²) in [7, 11) is 0. The molecule has 0 aliphatic heterocycles. The molecule has 5 heavy (non-hydrogen) atoms. The summed E-state index contributed by atoms with van der Waals surface area (Å²) in [5.41, 5.74) is 9.62. The van der Waals surface area contributed by atoms with Crippen LogP contribution in [0.5, 0.6) is 0 Å². The summed E-state index contributed by atoms with van der Waals surface area (Å²) in [5.74, 6) is 0.116. The molecule has 0 saturated carbocycles. The first kappa shape index (κ1) is 5.00. The van der Waals surface area contributed by atoms with Gasteiger partial charge < -0.3 is 11.5 Å². The summed E-state index contributed by atoms with van der Waals surface area (Å²) in [6.45, 7) is 0. The molecule has 4 heteroatoms.